The van der Waals surface area contributed by atoms with Crippen LogP contribution < -0.4 is 10.2 Å². The predicted molar refractivity (Wildman–Crippen MR) is 86.0 cm³/mol. The van der Waals surface area contributed by atoms with Crippen LogP contribution in [0.15, 0.2) is 46.4 Å². The molecule has 23 heavy (non-hydrogen) atoms. The zero-order valence-electron chi connectivity index (χ0n) is 12.0. The number of benzene rings is 1. The molecule has 1 aliphatic heterocycles. The first-order valence-corrected chi connectivity index (χ1v) is 7.10. The highest BCUT2D eigenvalue weighted by Crippen LogP contribution is 2.24. The van der Waals surface area contributed by atoms with Crippen molar-refractivity contribution in [3.05, 3.63) is 59.3 Å². The van der Waals surface area contributed by atoms with E-state index in [0.717, 1.165) is 4.90 Å². The summed E-state index contributed by atoms with van der Waals surface area (Å²) in [6.45, 7) is 1.74. The highest BCUT2D eigenvalue weighted by Gasteiger charge is 2.35. The molecule has 116 valence electrons. The van der Waals surface area contributed by atoms with Crippen molar-refractivity contribution in [2.45, 2.75) is 6.92 Å². The Hall–Kier alpha value is -2.80. The van der Waals surface area contributed by atoms with E-state index in [9.17, 15) is 14.0 Å². The van der Waals surface area contributed by atoms with E-state index in [1.807, 2.05) is 0 Å². The average molecular weight is 330 g/mol. The van der Waals surface area contributed by atoms with Crippen molar-refractivity contribution in [2.24, 2.45) is 0 Å². The van der Waals surface area contributed by atoms with Crippen LogP contribution in [0.25, 0.3) is 6.08 Å². The minimum Gasteiger partial charge on any atom is -0.462 e. The van der Waals surface area contributed by atoms with E-state index in [-0.39, 0.29) is 16.4 Å². The third kappa shape index (κ3) is 2.78. The van der Waals surface area contributed by atoms with Gasteiger partial charge in [0.2, 0.25) is 0 Å². The third-order valence-electron chi connectivity index (χ3n) is 3.24. The lowest BCUT2D eigenvalue weighted by molar-refractivity contribution is -0.122. The van der Waals surface area contributed by atoms with E-state index in [1.165, 1.54) is 24.3 Å². The number of amides is 2. The molecule has 0 atom stereocenters. The predicted octanol–water partition coefficient (Wildman–Crippen LogP) is 2.56. The fourth-order valence-electron chi connectivity index (χ4n) is 2.18. The van der Waals surface area contributed by atoms with E-state index in [4.69, 9.17) is 16.6 Å². The van der Waals surface area contributed by atoms with Crippen LogP contribution in [0, 0.1) is 12.7 Å². The van der Waals surface area contributed by atoms with E-state index >= 15 is 0 Å². The van der Waals surface area contributed by atoms with Gasteiger partial charge in [0.15, 0.2) is 5.11 Å². The van der Waals surface area contributed by atoms with E-state index in [2.05, 4.69) is 5.32 Å². The molecule has 2 heterocycles. The largest absolute Gasteiger partial charge is 0.462 e. The van der Waals surface area contributed by atoms with Crippen LogP contribution >= 0.6 is 12.2 Å². The van der Waals surface area contributed by atoms with Gasteiger partial charge in [0.1, 0.15) is 22.9 Å². The molecule has 0 unspecified atom stereocenters. The van der Waals surface area contributed by atoms with Crippen LogP contribution in [0.3, 0.4) is 0 Å². The zero-order valence-corrected chi connectivity index (χ0v) is 12.8. The number of furan rings is 1. The van der Waals surface area contributed by atoms with E-state index in [1.54, 1.807) is 25.1 Å². The summed E-state index contributed by atoms with van der Waals surface area (Å²) < 4.78 is 19.3. The second-order valence-electron chi connectivity index (χ2n) is 4.86. The number of anilines is 1. The number of nitrogens with one attached hydrogen (secondary N) is 1. The van der Waals surface area contributed by atoms with E-state index in [0.29, 0.717) is 11.5 Å². The Kier molecular flexibility index (Phi) is 3.79. The Morgan fingerprint density at radius 2 is 1.96 bits per heavy atom. The molecule has 1 N–H and O–H groups in total. The molecule has 0 bridgehead atoms. The smallest absolute Gasteiger partial charge is 0.270 e. The summed E-state index contributed by atoms with van der Waals surface area (Å²) in [5.74, 6) is -0.989. The third-order valence-corrected chi connectivity index (χ3v) is 3.53. The second-order valence-corrected chi connectivity index (χ2v) is 5.24. The van der Waals surface area contributed by atoms with Gasteiger partial charge in [-0.25, -0.2) is 9.29 Å². The van der Waals surface area contributed by atoms with Crippen LogP contribution in [-0.2, 0) is 9.59 Å². The number of hydrogen-bond donors (Lipinski definition) is 1. The molecule has 1 aromatic carbocycles. The van der Waals surface area contributed by atoms with Crippen LogP contribution in [0.4, 0.5) is 10.1 Å². The molecule has 1 aliphatic rings. The molecule has 2 amide bonds. The van der Waals surface area contributed by atoms with Crippen molar-refractivity contribution in [3.63, 3.8) is 0 Å². The Labute approximate surface area is 136 Å². The van der Waals surface area contributed by atoms with Crippen LogP contribution in [0.5, 0.6) is 0 Å². The Bertz CT molecular complexity index is 857. The number of para-hydroxylation sites is 1. The molecule has 0 aliphatic carbocycles. The molecule has 0 radical (unpaired) electrons. The Balaban J connectivity index is 2.04. The highest BCUT2D eigenvalue weighted by molar-refractivity contribution is 7.80. The van der Waals surface area contributed by atoms with Crippen molar-refractivity contribution < 1.29 is 18.4 Å². The van der Waals surface area contributed by atoms with Crippen molar-refractivity contribution in [1.29, 1.82) is 0 Å². The molecule has 1 saturated heterocycles. The number of rotatable bonds is 2. The van der Waals surface area contributed by atoms with Gasteiger partial charge in [0.05, 0.1) is 5.69 Å². The summed E-state index contributed by atoms with van der Waals surface area (Å²) in [5, 5.41) is 2.21. The summed E-state index contributed by atoms with van der Waals surface area (Å²) in [7, 11) is 0. The molecule has 5 nitrogen and oxygen atoms in total. The van der Waals surface area contributed by atoms with Crippen molar-refractivity contribution in [1.82, 2.24) is 5.32 Å². The lowest BCUT2D eigenvalue weighted by atomic mass is 10.1. The first kappa shape index (κ1) is 15.1. The van der Waals surface area contributed by atoms with Gasteiger partial charge in [-0.1, -0.05) is 12.1 Å². The SMILES string of the molecule is Cc1ccc(C=C2C(=O)NC(=S)N(c3ccccc3F)C2=O)o1. The maximum atomic E-state index is 14.0. The average Bonchev–Trinajstić information content (AvgIpc) is 2.91. The number of thiocarbonyl (C=S) groups is 1. The van der Waals surface area contributed by atoms with Crippen molar-refractivity contribution in [2.75, 3.05) is 4.90 Å². The summed E-state index contributed by atoms with van der Waals surface area (Å²) >= 11 is 5.00. The van der Waals surface area contributed by atoms with Crippen molar-refractivity contribution >= 4 is 40.9 Å². The van der Waals surface area contributed by atoms with Gasteiger partial charge in [-0.3, -0.25) is 14.9 Å². The maximum absolute atomic E-state index is 14.0. The summed E-state index contributed by atoms with van der Waals surface area (Å²) in [5.41, 5.74) is -0.208. The van der Waals surface area contributed by atoms with Gasteiger partial charge in [-0.05, 0) is 49.5 Å². The molecular formula is C16H11FN2O3S. The number of aryl methyl sites for hydroxylation is 1. The topological polar surface area (TPSA) is 62.6 Å². The van der Waals surface area contributed by atoms with Gasteiger partial charge in [-0.2, -0.15) is 0 Å². The fourth-order valence-corrected chi connectivity index (χ4v) is 2.46. The van der Waals surface area contributed by atoms with Gasteiger partial charge >= 0.3 is 0 Å². The molecule has 0 saturated carbocycles. The molecular weight excluding hydrogens is 319 g/mol. The quantitative estimate of drug-likeness (QED) is 0.522. The summed E-state index contributed by atoms with van der Waals surface area (Å²) in [6, 6.07) is 9.02. The van der Waals surface area contributed by atoms with E-state index < -0.39 is 17.6 Å². The first-order valence-electron chi connectivity index (χ1n) is 6.70. The zero-order chi connectivity index (χ0) is 16.6. The Morgan fingerprint density at radius 3 is 2.61 bits per heavy atom. The normalized spacial score (nSPS) is 16.9. The summed E-state index contributed by atoms with van der Waals surface area (Å²) in [4.78, 5) is 25.6. The van der Waals surface area contributed by atoms with Crippen LogP contribution in [0.2, 0.25) is 0 Å². The maximum Gasteiger partial charge on any atom is 0.270 e. The lowest BCUT2D eigenvalue weighted by Crippen LogP contribution is -2.54. The van der Waals surface area contributed by atoms with Gasteiger partial charge in [0, 0.05) is 0 Å². The second kappa shape index (κ2) is 5.77. The molecule has 0 spiro atoms. The number of carbonyl (C=O) groups is 2. The summed E-state index contributed by atoms with van der Waals surface area (Å²) in [6.07, 6.45) is 1.31. The molecule has 7 heteroatoms. The molecule has 3 rings (SSSR count). The molecule has 2 aromatic rings. The minimum atomic E-state index is -0.710. The molecule has 1 fully saturated rings. The number of carbonyl (C=O) groups excluding carboxylic acids is 2. The van der Waals surface area contributed by atoms with Crippen molar-refractivity contribution in [3.8, 4) is 0 Å². The number of hydrogen-bond acceptors (Lipinski definition) is 4. The van der Waals surface area contributed by atoms with Crippen LogP contribution in [-0.4, -0.2) is 16.9 Å². The van der Waals surface area contributed by atoms with Gasteiger partial charge in [-0.15, -0.1) is 0 Å². The van der Waals surface area contributed by atoms with Gasteiger partial charge in [0.25, 0.3) is 11.8 Å². The first-order chi connectivity index (χ1) is 11.0. The van der Waals surface area contributed by atoms with Gasteiger partial charge < -0.3 is 4.42 Å². The van der Waals surface area contributed by atoms with Crippen LogP contribution in [0.1, 0.15) is 11.5 Å². The highest BCUT2D eigenvalue weighted by atomic mass is 32.1. The standard InChI is InChI=1S/C16H11FN2O3S/c1-9-6-7-10(22-9)8-11-14(20)18-16(23)19(15(11)21)13-5-3-2-4-12(13)17/h2-8H,1H3,(H,18,20,23). The number of halogens is 1. The Morgan fingerprint density at radius 1 is 1.22 bits per heavy atom. The molecule has 1 aromatic heterocycles. The fraction of sp³-hybridized carbons (Fsp3) is 0.0625. The minimum absolute atomic E-state index is 0.0241. The lowest BCUT2D eigenvalue weighted by Gasteiger charge is -2.28. The number of nitrogens with zero attached hydrogens (tertiary/aromatic N) is 1. The monoisotopic (exact) mass is 330 g/mol.